The maximum absolute atomic E-state index is 11.7. The number of amides is 1. The van der Waals surface area contributed by atoms with Gasteiger partial charge in [0.05, 0.1) is 12.4 Å². The Morgan fingerprint density at radius 1 is 1.50 bits per heavy atom. The quantitative estimate of drug-likeness (QED) is 0.802. The Morgan fingerprint density at radius 3 is 2.75 bits per heavy atom. The van der Waals surface area contributed by atoms with Crippen LogP contribution in [0.25, 0.3) is 0 Å². The molecule has 0 unspecified atom stereocenters. The highest BCUT2D eigenvalue weighted by atomic mass is 16.1. The van der Waals surface area contributed by atoms with Crippen LogP contribution in [0.4, 0.5) is 5.82 Å². The Balaban J connectivity index is 2.60. The first-order chi connectivity index (χ1) is 7.44. The van der Waals surface area contributed by atoms with E-state index in [4.69, 9.17) is 5.73 Å². The average Bonchev–Trinajstić information content (AvgIpc) is 2.26. The molecule has 0 spiro atoms. The van der Waals surface area contributed by atoms with Crippen LogP contribution >= 0.6 is 0 Å². The van der Waals surface area contributed by atoms with Crippen molar-refractivity contribution in [1.82, 2.24) is 15.3 Å². The van der Waals surface area contributed by atoms with E-state index < -0.39 is 0 Å². The molecule has 1 aromatic heterocycles. The molecule has 3 N–H and O–H groups in total. The number of carbonyl (C=O) groups is 1. The fourth-order valence-corrected chi connectivity index (χ4v) is 1.03. The van der Waals surface area contributed by atoms with E-state index in [0.717, 1.165) is 6.42 Å². The fourth-order valence-electron chi connectivity index (χ4n) is 1.03. The van der Waals surface area contributed by atoms with Crippen LogP contribution in [0.1, 0.15) is 37.7 Å². The molecule has 0 atom stereocenters. The van der Waals surface area contributed by atoms with Crippen LogP contribution in [0, 0.1) is 5.41 Å². The third-order valence-corrected chi connectivity index (χ3v) is 2.57. The van der Waals surface area contributed by atoms with Crippen molar-refractivity contribution in [3.63, 3.8) is 0 Å². The Morgan fingerprint density at radius 2 is 2.19 bits per heavy atom. The summed E-state index contributed by atoms with van der Waals surface area (Å²) in [4.78, 5) is 19.4. The Labute approximate surface area is 95.5 Å². The minimum absolute atomic E-state index is 0.0867. The summed E-state index contributed by atoms with van der Waals surface area (Å²) >= 11 is 0. The predicted octanol–water partition coefficient (Wildman–Crippen LogP) is 1.22. The summed E-state index contributed by atoms with van der Waals surface area (Å²) in [6, 6.07) is 0. The maximum Gasteiger partial charge on any atom is 0.271 e. The molecule has 0 aliphatic heterocycles. The Bertz CT molecular complexity index is 376. The fraction of sp³-hybridized carbons (Fsp3) is 0.545. The second-order valence-electron chi connectivity index (χ2n) is 4.53. The second-order valence-corrected chi connectivity index (χ2v) is 4.53. The van der Waals surface area contributed by atoms with Gasteiger partial charge in [0.15, 0.2) is 0 Å². The van der Waals surface area contributed by atoms with Crippen molar-refractivity contribution in [3.05, 3.63) is 18.1 Å². The lowest BCUT2D eigenvalue weighted by atomic mass is 9.90. The zero-order valence-electron chi connectivity index (χ0n) is 9.95. The maximum atomic E-state index is 11.7. The number of nitrogens with two attached hydrogens (primary N) is 1. The lowest BCUT2D eigenvalue weighted by Gasteiger charge is -2.22. The average molecular weight is 222 g/mol. The minimum Gasteiger partial charge on any atom is -0.382 e. The van der Waals surface area contributed by atoms with Crippen LogP contribution in [-0.2, 0) is 0 Å². The zero-order valence-corrected chi connectivity index (χ0v) is 9.95. The van der Waals surface area contributed by atoms with Gasteiger partial charge < -0.3 is 11.1 Å². The summed E-state index contributed by atoms with van der Waals surface area (Å²) in [6.07, 6.45) is 3.81. The molecule has 16 heavy (non-hydrogen) atoms. The minimum atomic E-state index is -0.235. The molecule has 0 bridgehead atoms. The van der Waals surface area contributed by atoms with Crippen molar-refractivity contribution in [3.8, 4) is 0 Å². The van der Waals surface area contributed by atoms with Crippen molar-refractivity contribution >= 4 is 11.7 Å². The summed E-state index contributed by atoms with van der Waals surface area (Å²) in [5, 5.41) is 2.82. The third-order valence-electron chi connectivity index (χ3n) is 2.57. The van der Waals surface area contributed by atoms with Gasteiger partial charge in [-0.05, 0) is 11.8 Å². The Kier molecular flexibility index (Phi) is 3.82. The van der Waals surface area contributed by atoms with Crippen LogP contribution in [0.2, 0.25) is 0 Å². The molecule has 1 aromatic rings. The molecule has 1 heterocycles. The van der Waals surface area contributed by atoms with Gasteiger partial charge >= 0.3 is 0 Å². The molecule has 0 fully saturated rings. The number of nitrogens with one attached hydrogen (secondary N) is 1. The largest absolute Gasteiger partial charge is 0.382 e. The summed E-state index contributed by atoms with van der Waals surface area (Å²) in [6.45, 7) is 6.89. The van der Waals surface area contributed by atoms with Crippen LogP contribution in [0.5, 0.6) is 0 Å². The van der Waals surface area contributed by atoms with Gasteiger partial charge in [0.25, 0.3) is 5.91 Å². The molecule has 0 aliphatic carbocycles. The monoisotopic (exact) mass is 222 g/mol. The van der Waals surface area contributed by atoms with E-state index in [1.54, 1.807) is 0 Å². The van der Waals surface area contributed by atoms with E-state index in [1.165, 1.54) is 12.4 Å². The molecule has 0 saturated heterocycles. The second kappa shape index (κ2) is 4.92. The van der Waals surface area contributed by atoms with Crippen molar-refractivity contribution in [1.29, 1.82) is 0 Å². The summed E-state index contributed by atoms with van der Waals surface area (Å²) in [5.41, 5.74) is 5.79. The highest BCUT2D eigenvalue weighted by molar-refractivity contribution is 5.92. The number of hydrogen-bond acceptors (Lipinski definition) is 4. The summed E-state index contributed by atoms with van der Waals surface area (Å²) < 4.78 is 0. The van der Waals surface area contributed by atoms with Crippen LogP contribution in [0.15, 0.2) is 12.4 Å². The summed E-state index contributed by atoms with van der Waals surface area (Å²) in [7, 11) is 0. The lowest BCUT2D eigenvalue weighted by molar-refractivity contribution is 0.0930. The van der Waals surface area contributed by atoms with Crippen molar-refractivity contribution in [2.75, 3.05) is 12.3 Å². The number of hydrogen-bond donors (Lipinski definition) is 2. The van der Waals surface area contributed by atoms with E-state index >= 15 is 0 Å². The van der Waals surface area contributed by atoms with Crippen molar-refractivity contribution in [2.24, 2.45) is 5.41 Å². The van der Waals surface area contributed by atoms with Gasteiger partial charge in [0, 0.05) is 6.54 Å². The van der Waals surface area contributed by atoms with E-state index in [9.17, 15) is 4.79 Å². The zero-order chi connectivity index (χ0) is 12.2. The molecular weight excluding hydrogens is 204 g/mol. The van der Waals surface area contributed by atoms with Gasteiger partial charge in [-0.1, -0.05) is 20.8 Å². The predicted molar refractivity (Wildman–Crippen MR) is 62.8 cm³/mol. The first kappa shape index (κ1) is 12.4. The van der Waals surface area contributed by atoms with Crippen molar-refractivity contribution < 1.29 is 4.79 Å². The van der Waals surface area contributed by atoms with Gasteiger partial charge in [0.1, 0.15) is 11.5 Å². The van der Waals surface area contributed by atoms with Crippen LogP contribution in [-0.4, -0.2) is 22.4 Å². The van der Waals surface area contributed by atoms with E-state index in [1.807, 2.05) is 0 Å². The molecule has 1 amide bonds. The molecule has 5 heteroatoms. The number of nitrogens with zero attached hydrogens (tertiary/aromatic N) is 2. The number of carbonyl (C=O) groups excluding carboxylic acids is 1. The normalized spacial score (nSPS) is 11.2. The van der Waals surface area contributed by atoms with Gasteiger partial charge in [-0.2, -0.15) is 0 Å². The topological polar surface area (TPSA) is 80.9 Å². The van der Waals surface area contributed by atoms with Crippen molar-refractivity contribution in [2.45, 2.75) is 27.2 Å². The SMILES string of the molecule is CCC(C)(C)CNC(=O)c1cncc(N)n1. The molecule has 0 aromatic carbocycles. The number of nitrogen functional groups attached to an aromatic ring is 1. The highest BCUT2D eigenvalue weighted by Gasteiger charge is 2.17. The van der Waals surface area contributed by atoms with E-state index in [0.29, 0.717) is 6.54 Å². The molecule has 88 valence electrons. The highest BCUT2D eigenvalue weighted by Crippen LogP contribution is 2.17. The molecule has 0 saturated carbocycles. The van der Waals surface area contributed by atoms with Gasteiger partial charge in [0.2, 0.25) is 0 Å². The third kappa shape index (κ3) is 3.49. The Hall–Kier alpha value is -1.65. The standard InChI is InChI=1S/C11H18N4O/c1-4-11(2,3)7-14-10(16)8-5-13-6-9(12)15-8/h5-6H,4,7H2,1-3H3,(H2,12,15)(H,14,16). The first-order valence-corrected chi connectivity index (χ1v) is 5.30. The van der Waals surface area contributed by atoms with Crippen LogP contribution in [0.3, 0.4) is 0 Å². The van der Waals surface area contributed by atoms with E-state index in [-0.39, 0.29) is 22.8 Å². The van der Waals surface area contributed by atoms with Crippen LogP contribution < -0.4 is 11.1 Å². The molecule has 5 nitrogen and oxygen atoms in total. The smallest absolute Gasteiger partial charge is 0.271 e. The molecule has 0 radical (unpaired) electrons. The van der Waals surface area contributed by atoms with Gasteiger partial charge in [-0.25, -0.2) is 4.98 Å². The molecular formula is C11H18N4O. The molecule has 1 rings (SSSR count). The molecule has 0 aliphatic rings. The number of aromatic nitrogens is 2. The number of rotatable bonds is 4. The van der Waals surface area contributed by atoms with E-state index in [2.05, 4.69) is 36.1 Å². The first-order valence-electron chi connectivity index (χ1n) is 5.30. The summed E-state index contributed by atoms with van der Waals surface area (Å²) in [5.74, 6) is 0.0173. The van der Waals surface area contributed by atoms with Gasteiger partial charge in [-0.3, -0.25) is 9.78 Å². The van der Waals surface area contributed by atoms with Gasteiger partial charge in [-0.15, -0.1) is 0 Å². The lowest BCUT2D eigenvalue weighted by Crippen LogP contribution is -2.34. The number of anilines is 1.